The Bertz CT molecular complexity index is 482. The van der Waals surface area contributed by atoms with Gasteiger partial charge in [-0.1, -0.05) is 0 Å². The zero-order valence-corrected chi connectivity index (χ0v) is 10.7. The van der Waals surface area contributed by atoms with E-state index in [1.54, 1.807) is 18.5 Å². The summed E-state index contributed by atoms with van der Waals surface area (Å²) in [6, 6.07) is 8.03. The first-order valence-electron chi connectivity index (χ1n) is 5.99. The van der Waals surface area contributed by atoms with Crippen LogP contribution in [0.25, 0.3) is 0 Å². The van der Waals surface area contributed by atoms with Crippen molar-refractivity contribution in [2.45, 2.75) is 26.1 Å². The molecule has 4 nitrogen and oxygen atoms in total. The first-order valence-corrected chi connectivity index (χ1v) is 5.99. The molecular weight excluding hydrogens is 228 g/mol. The third-order valence-corrected chi connectivity index (χ3v) is 3.13. The Morgan fingerprint density at radius 3 is 2.50 bits per heavy atom. The molecule has 0 aliphatic carbocycles. The lowest BCUT2D eigenvalue weighted by atomic mass is 10.1. The first-order chi connectivity index (χ1) is 8.70. The van der Waals surface area contributed by atoms with E-state index in [0.717, 1.165) is 5.76 Å². The molecule has 0 aliphatic heterocycles. The van der Waals surface area contributed by atoms with E-state index in [4.69, 9.17) is 9.52 Å². The third kappa shape index (κ3) is 2.97. The number of aliphatic hydroxyl groups is 1. The molecule has 0 saturated heterocycles. The largest absolute Gasteiger partial charge is 0.462 e. The SMILES string of the molecule is CC(c1ccncc1)N(C)Cc1ccc(CO)o1. The predicted octanol–water partition coefficient (Wildman–Crippen LogP) is 2.36. The number of furan rings is 1. The van der Waals surface area contributed by atoms with E-state index in [1.165, 1.54) is 5.56 Å². The maximum absolute atomic E-state index is 8.96. The van der Waals surface area contributed by atoms with E-state index in [2.05, 4.69) is 16.8 Å². The third-order valence-electron chi connectivity index (χ3n) is 3.13. The van der Waals surface area contributed by atoms with Gasteiger partial charge in [0, 0.05) is 18.4 Å². The number of rotatable bonds is 5. The average Bonchev–Trinajstić information content (AvgIpc) is 2.86. The highest BCUT2D eigenvalue weighted by atomic mass is 16.4. The van der Waals surface area contributed by atoms with Crippen LogP contribution in [0.15, 0.2) is 41.1 Å². The Kier molecular flexibility index (Phi) is 4.12. The summed E-state index contributed by atoms with van der Waals surface area (Å²) in [4.78, 5) is 6.21. The summed E-state index contributed by atoms with van der Waals surface area (Å²) in [5, 5.41) is 8.96. The topological polar surface area (TPSA) is 49.5 Å². The summed E-state index contributed by atoms with van der Waals surface area (Å²) in [7, 11) is 2.05. The van der Waals surface area contributed by atoms with Crippen LogP contribution < -0.4 is 0 Å². The zero-order chi connectivity index (χ0) is 13.0. The van der Waals surface area contributed by atoms with Crippen molar-refractivity contribution in [3.05, 3.63) is 53.7 Å². The summed E-state index contributed by atoms with van der Waals surface area (Å²) in [6.07, 6.45) is 3.60. The summed E-state index contributed by atoms with van der Waals surface area (Å²) in [5.74, 6) is 1.47. The van der Waals surface area contributed by atoms with E-state index in [1.807, 2.05) is 25.2 Å². The molecule has 1 atom stereocenters. The van der Waals surface area contributed by atoms with Gasteiger partial charge in [0.05, 0.1) is 6.54 Å². The lowest BCUT2D eigenvalue weighted by Gasteiger charge is -2.23. The Morgan fingerprint density at radius 2 is 1.89 bits per heavy atom. The van der Waals surface area contributed by atoms with Gasteiger partial charge in [0.1, 0.15) is 18.1 Å². The molecule has 0 spiro atoms. The standard InChI is InChI=1S/C14H18N2O2/c1-11(12-5-7-15-8-6-12)16(2)9-13-3-4-14(10-17)18-13/h3-8,11,17H,9-10H2,1-2H3. The van der Waals surface area contributed by atoms with E-state index in [0.29, 0.717) is 12.3 Å². The monoisotopic (exact) mass is 246 g/mol. The van der Waals surface area contributed by atoms with Crippen LogP contribution in [-0.2, 0) is 13.2 Å². The molecule has 1 N–H and O–H groups in total. The summed E-state index contributed by atoms with van der Waals surface area (Å²) in [6.45, 7) is 2.80. The van der Waals surface area contributed by atoms with Crippen LogP contribution in [-0.4, -0.2) is 22.0 Å². The van der Waals surface area contributed by atoms with Gasteiger partial charge in [-0.05, 0) is 43.8 Å². The molecule has 0 fully saturated rings. The highest BCUT2D eigenvalue weighted by Gasteiger charge is 2.13. The maximum atomic E-state index is 8.96. The lowest BCUT2D eigenvalue weighted by Crippen LogP contribution is -2.21. The minimum absolute atomic E-state index is 0.0520. The molecule has 0 radical (unpaired) electrons. The van der Waals surface area contributed by atoms with E-state index in [9.17, 15) is 0 Å². The van der Waals surface area contributed by atoms with E-state index in [-0.39, 0.29) is 12.6 Å². The number of aromatic nitrogens is 1. The molecule has 0 saturated carbocycles. The Labute approximate surface area is 107 Å². The second-order valence-corrected chi connectivity index (χ2v) is 4.40. The van der Waals surface area contributed by atoms with Gasteiger partial charge in [-0.15, -0.1) is 0 Å². The molecule has 2 aromatic heterocycles. The summed E-state index contributed by atoms with van der Waals surface area (Å²) >= 11 is 0. The minimum atomic E-state index is -0.0520. The van der Waals surface area contributed by atoms with Gasteiger partial charge < -0.3 is 9.52 Å². The van der Waals surface area contributed by atoms with Crippen molar-refractivity contribution < 1.29 is 9.52 Å². The molecule has 96 valence electrons. The fourth-order valence-electron chi connectivity index (χ4n) is 1.87. The van der Waals surface area contributed by atoms with E-state index < -0.39 is 0 Å². The Hall–Kier alpha value is -1.65. The molecule has 0 bridgehead atoms. The van der Waals surface area contributed by atoms with Gasteiger partial charge in [-0.2, -0.15) is 0 Å². The molecular formula is C14H18N2O2. The molecule has 0 amide bonds. The van der Waals surface area contributed by atoms with Gasteiger partial charge >= 0.3 is 0 Å². The summed E-state index contributed by atoms with van der Waals surface area (Å²) in [5.41, 5.74) is 1.22. The quantitative estimate of drug-likeness (QED) is 0.880. The molecule has 4 heteroatoms. The minimum Gasteiger partial charge on any atom is -0.462 e. The van der Waals surface area contributed by atoms with Crippen LogP contribution in [0.3, 0.4) is 0 Å². The normalized spacial score (nSPS) is 12.9. The van der Waals surface area contributed by atoms with Crippen molar-refractivity contribution in [3.63, 3.8) is 0 Å². The summed E-state index contributed by atoms with van der Waals surface area (Å²) < 4.78 is 5.49. The fourth-order valence-corrected chi connectivity index (χ4v) is 1.87. The molecule has 2 heterocycles. The smallest absolute Gasteiger partial charge is 0.129 e. The van der Waals surface area contributed by atoms with Crippen molar-refractivity contribution in [1.82, 2.24) is 9.88 Å². The number of nitrogens with zero attached hydrogens (tertiary/aromatic N) is 2. The van der Waals surface area contributed by atoms with Crippen LogP contribution in [0.1, 0.15) is 30.0 Å². The Balaban J connectivity index is 2.01. The number of pyridine rings is 1. The van der Waals surface area contributed by atoms with Crippen molar-refractivity contribution >= 4 is 0 Å². The highest BCUT2D eigenvalue weighted by Crippen LogP contribution is 2.20. The first kappa shape index (κ1) is 12.8. The van der Waals surface area contributed by atoms with Crippen molar-refractivity contribution in [2.75, 3.05) is 7.05 Å². The van der Waals surface area contributed by atoms with Crippen LogP contribution in [0.5, 0.6) is 0 Å². The number of aliphatic hydroxyl groups excluding tert-OH is 1. The molecule has 0 aromatic carbocycles. The van der Waals surface area contributed by atoms with Crippen LogP contribution in [0.4, 0.5) is 0 Å². The average molecular weight is 246 g/mol. The van der Waals surface area contributed by atoms with Crippen LogP contribution in [0.2, 0.25) is 0 Å². The van der Waals surface area contributed by atoms with Crippen molar-refractivity contribution in [2.24, 2.45) is 0 Å². The van der Waals surface area contributed by atoms with Crippen LogP contribution in [0, 0.1) is 0 Å². The molecule has 2 rings (SSSR count). The van der Waals surface area contributed by atoms with Crippen LogP contribution >= 0.6 is 0 Å². The number of hydrogen-bond acceptors (Lipinski definition) is 4. The molecule has 0 aliphatic rings. The lowest BCUT2D eigenvalue weighted by molar-refractivity contribution is 0.212. The van der Waals surface area contributed by atoms with E-state index >= 15 is 0 Å². The Morgan fingerprint density at radius 1 is 1.22 bits per heavy atom. The second kappa shape index (κ2) is 5.80. The second-order valence-electron chi connectivity index (χ2n) is 4.40. The zero-order valence-electron chi connectivity index (χ0n) is 10.7. The molecule has 18 heavy (non-hydrogen) atoms. The van der Waals surface area contributed by atoms with Crippen molar-refractivity contribution in [1.29, 1.82) is 0 Å². The van der Waals surface area contributed by atoms with Gasteiger partial charge in [0.25, 0.3) is 0 Å². The molecule has 2 aromatic rings. The van der Waals surface area contributed by atoms with Crippen molar-refractivity contribution in [3.8, 4) is 0 Å². The van der Waals surface area contributed by atoms with Gasteiger partial charge in [0.15, 0.2) is 0 Å². The highest BCUT2D eigenvalue weighted by molar-refractivity contribution is 5.14. The van der Waals surface area contributed by atoms with Gasteiger partial charge in [0.2, 0.25) is 0 Å². The maximum Gasteiger partial charge on any atom is 0.129 e. The molecule has 1 unspecified atom stereocenters. The number of hydrogen-bond donors (Lipinski definition) is 1. The predicted molar refractivity (Wildman–Crippen MR) is 68.7 cm³/mol. The fraction of sp³-hybridized carbons (Fsp3) is 0.357. The van der Waals surface area contributed by atoms with Gasteiger partial charge in [-0.3, -0.25) is 9.88 Å². The van der Waals surface area contributed by atoms with Gasteiger partial charge in [-0.25, -0.2) is 0 Å².